The Morgan fingerprint density at radius 2 is 1.96 bits per heavy atom. The van der Waals surface area contributed by atoms with Crippen molar-refractivity contribution >= 4 is 16.9 Å². The first kappa shape index (κ1) is 18.4. The number of hydrogen-bond donors (Lipinski definition) is 1. The summed E-state index contributed by atoms with van der Waals surface area (Å²) in [5, 5.41) is 14.7. The first-order chi connectivity index (χ1) is 13.2. The topological polar surface area (TPSA) is 73.1 Å². The SMILES string of the molecule is Cc1cc(C(F)(F)F)cc(O)c1-c1nc2nn(C3=CCOCC3)cc2nc1C. The molecule has 0 saturated carbocycles. The lowest BCUT2D eigenvalue weighted by molar-refractivity contribution is -0.137. The molecule has 6 nitrogen and oxygen atoms in total. The molecule has 1 aliphatic heterocycles. The van der Waals surface area contributed by atoms with E-state index < -0.39 is 17.5 Å². The average molecular weight is 390 g/mol. The van der Waals surface area contributed by atoms with Gasteiger partial charge in [0.25, 0.3) is 0 Å². The number of fused-ring (bicyclic) bond motifs is 1. The van der Waals surface area contributed by atoms with E-state index in [1.807, 2.05) is 6.08 Å². The lowest BCUT2D eigenvalue weighted by atomic mass is 9.99. The first-order valence-electron chi connectivity index (χ1n) is 8.66. The smallest absolute Gasteiger partial charge is 0.416 e. The minimum absolute atomic E-state index is 0.222. The number of aryl methyl sites for hydroxylation is 2. The van der Waals surface area contributed by atoms with Crippen LogP contribution < -0.4 is 0 Å². The van der Waals surface area contributed by atoms with Crippen molar-refractivity contribution in [2.24, 2.45) is 0 Å². The van der Waals surface area contributed by atoms with Crippen LogP contribution in [0.2, 0.25) is 0 Å². The highest BCUT2D eigenvalue weighted by Crippen LogP contribution is 2.39. The second-order valence-electron chi connectivity index (χ2n) is 6.65. The Morgan fingerprint density at radius 1 is 1.18 bits per heavy atom. The van der Waals surface area contributed by atoms with Crippen molar-refractivity contribution in [3.63, 3.8) is 0 Å². The van der Waals surface area contributed by atoms with E-state index in [0.717, 1.165) is 11.8 Å². The van der Waals surface area contributed by atoms with Crippen molar-refractivity contribution < 1.29 is 23.0 Å². The second kappa shape index (κ2) is 6.59. The van der Waals surface area contributed by atoms with E-state index in [0.29, 0.717) is 48.3 Å². The summed E-state index contributed by atoms with van der Waals surface area (Å²) >= 11 is 0. The highest BCUT2D eigenvalue weighted by Gasteiger charge is 2.32. The fourth-order valence-corrected chi connectivity index (χ4v) is 3.28. The predicted molar refractivity (Wildman–Crippen MR) is 96.6 cm³/mol. The van der Waals surface area contributed by atoms with Crippen LogP contribution in [0, 0.1) is 13.8 Å². The molecule has 0 radical (unpaired) electrons. The van der Waals surface area contributed by atoms with Crippen LogP contribution in [0.5, 0.6) is 5.75 Å². The van der Waals surface area contributed by atoms with Gasteiger partial charge < -0.3 is 9.84 Å². The van der Waals surface area contributed by atoms with Crippen LogP contribution in [0.3, 0.4) is 0 Å². The molecular weight excluding hydrogens is 373 g/mol. The molecule has 3 aromatic rings. The summed E-state index contributed by atoms with van der Waals surface area (Å²) in [6, 6.07) is 1.70. The molecule has 0 atom stereocenters. The van der Waals surface area contributed by atoms with Gasteiger partial charge in [-0.15, -0.1) is 5.10 Å². The fourth-order valence-electron chi connectivity index (χ4n) is 3.28. The molecule has 0 spiro atoms. The van der Waals surface area contributed by atoms with Gasteiger partial charge >= 0.3 is 6.18 Å². The largest absolute Gasteiger partial charge is 0.507 e. The van der Waals surface area contributed by atoms with Crippen LogP contribution in [0.4, 0.5) is 13.2 Å². The number of aromatic nitrogens is 4. The van der Waals surface area contributed by atoms with E-state index in [1.54, 1.807) is 17.8 Å². The molecule has 0 amide bonds. The molecule has 0 unspecified atom stereocenters. The Kier molecular flexibility index (Phi) is 4.34. The summed E-state index contributed by atoms with van der Waals surface area (Å²) in [7, 11) is 0. The fraction of sp³-hybridized carbons (Fsp3) is 0.316. The number of ether oxygens (including phenoxy) is 1. The first-order valence-corrected chi connectivity index (χ1v) is 8.66. The predicted octanol–water partition coefficient (Wildman–Crippen LogP) is 4.10. The lowest BCUT2D eigenvalue weighted by Crippen LogP contribution is -2.09. The van der Waals surface area contributed by atoms with E-state index in [9.17, 15) is 18.3 Å². The number of phenols is 1. The molecular formula is C19H17F3N4O2. The monoisotopic (exact) mass is 390 g/mol. The van der Waals surface area contributed by atoms with E-state index in [1.165, 1.54) is 6.92 Å². The third-order valence-corrected chi connectivity index (χ3v) is 4.64. The number of rotatable bonds is 2. The quantitative estimate of drug-likeness (QED) is 0.713. The summed E-state index contributed by atoms with van der Waals surface area (Å²) < 4.78 is 45.9. The molecule has 0 aliphatic carbocycles. The Labute approximate surface area is 158 Å². The number of benzene rings is 1. The van der Waals surface area contributed by atoms with Gasteiger partial charge in [0.1, 0.15) is 11.3 Å². The number of aromatic hydroxyl groups is 1. The van der Waals surface area contributed by atoms with E-state index >= 15 is 0 Å². The van der Waals surface area contributed by atoms with Crippen molar-refractivity contribution in [1.82, 2.24) is 19.7 Å². The molecule has 4 rings (SSSR count). The number of hydrogen-bond acceptors (Lipinski definition) is 5. The van der Waals surface area contributed by atoms with Gasteiger partial charge in [0, 0.05) is 17.7 Å². The van der Waals surface area contributed by atoms with Crippen molar-refractivity contribution in [3.8, 4) is 17.0 Å². The third kappa shape index (κ3) is 3.22. The normalized spacial score (nSPS) is 15.1. The minimum atomic E-state index is -4.54. The van der Waals surface area contributed by atoms with Gasteiger partial charge in [-0.05, 0) is 37.6 Å². The summed E-state index contributed by atoms with van der Waals surface area (Å²) in [6.07, 6.45) is -0.148. The summed E-state index contributed by atoms with van der Waals surface area (Å²) in [5.41, 5.74) is 2.26. The van der Waals surface area contributed by atoms with Gasteiger partial charge in [0.05, 0.1) is 36.4 Å². The molecule has 1 aromatic carbocycles. The molecule has 0 bridgehead atoms. The summed E-state index contributed by atoms with van der Waals surface area (Å²) in [4.78, 5) is 8.96. The molecule has 28 heavy (non-hydrogen) atoms. The Balaban J connectivity index is 1.83. The highest BCUT2D eigenvalue weighted by molar-refractivity contribution is 5.79. The zero-order valence-corrected chi connectivity index (χ0v) is 15.2. The van der Waals surface area contributed by atoms with Crippen molar-refractivity contribution in [1.29, 1.82) is 0 Å². The zero-order chi connectivity index (χ0) is 20.1. The van der Waals surface area contributed by atoms with Gasteiger partial charge in [-0.3, -0.25) is 0 Å². The van der Waals surface area contributed by atoms with Crippen molar-refractivity contribution in [2.45, 2.75) is 26.4 Å². The molecule has 146 valence electrons. The van der Waals surface area contributed by atoms with Crippen LogP contribution in [0.25, 0.3) is 28.1 Å². The number of phenolic OH excluding ortho intramolecular Hbond substituents is 1. The lowest BCUT2D eigenvalue weighted by Gasteiger charge is -2.14. The maximum atomic E-state index is 13.0. The van der Waals surface area contributed by atoms with Gasteiger partial charge in [-0.25, -0.2) is 14.6 Å². The van der Waals surface area contributed by atoms with Gasteiger partial charge in [0.15, 0.2) is 0 Å². The van der Waals surface area contributed by atoms with Crippen molar-refractivity contribution in [3.05, 3.63) is 41.2 Å². The summed E-state index contributed by atoms with van der Waals surface area (Å²) in [5.74, 6) is -0.490. The molecule has 2 aromatic heterocycles. The van der Waals surface area contributed by atoms with Crippen LogP contribution in [-0.2, 0) is 10.9 Å². The van der Waals surface area contributed by atoms with Crippen LogP contribution in [-0.4, -0.2) is 38.1 Å². The number of alkyl halides is 3. The van der Waals surface area contributed by atoms with Crippen LogP contribution in [0.15, 0.2) is 24.4 Å². The third-order valence-electron chi connectivity index (χ3n) is 4.64. The standard InChI is InChI=1S/C19H17F3N4O2/c1-10-7-12(19(20,21)22)8-15(27)16(10)17-11(2)23-14-9-26(25-18(14)24-17)13-3-5-28-6-4-13/h3,7-9,27H,4-6H2,1-2H3. The van der Waals surface area contributed by atoms with Gasteiger partial charge in [-0.1, -0.05) is 0 Å². The van der Waals surface area contributed by atoms with E-state index in [4.69, 9.17) is 4.74 Å². The summed E-state index contributed by atoms with van der Waals surface area (Å²) in [6.45, 7) is 4.31. The molecule has 1 aliphatic rings. The Hall–Kier alpha value is -2.94. The van der Waals surface area contributed by atoms with Gasteiger partial charge in [0.2, 0.25) is 5.65 Å². The Bertz CT molecular complexity index is 1080. The van der Waals surface area contributed by atoms with Crippen molar-refractivity contribution in [2.75, 3.05) is 13.2 Å². The van der Waals surface area contributed by atoms with Gasteiger partial charge in [-0.2, -0.15) is 13.2 Å². The van der Waals surface area contributed by atoms with E-state index in [-0.39, 0.29) is 11.1 Å². The number of halogens is 3. The molecule has 0 fully saturated rings. The average Bonchev–Trinajstić information content (AvgIpc) is 3.04. The van der Waals surface area contributed by atoms with Crippen LogP contribution >= 0.6 is 0 Å². The molecule has 3 heterocycles. The molecule has 0 saturated heterocycles. The zero-order valence-electron chi connectivity index (χ0n) is 15.2. The maximum absolute atomic E-state index is 13.0. The Morgan fingerprint density at radius 3 is 2.61 bits per heavy atom. The minimum Gasteiger partial charge on any atom is -0.507 e. The van der Waals surface area contributed by atoms with E-state index in [2.05, 4.69) is 15.1 Å². The molecule has 1 N–H and O–H groups in total. The second-order valence-corrected chi connectivity index (χ2v) is 6.65. The maximum Gasteiger partial charge on any atom is 0.416 e. The number of nitrogens with zero attached hydrogens (tertiary/aromatic N) is 4. The van der Waals surface area contributed by atoms with Crippen LogP contribution in [0.1, 0.15) is 23.2 Å². The highest BCUT2D eigenvalue weighted by atomic mass is 19.4. The molecule has 9 heteroatoms.